The van der Waals surface area contributed by atoms with E-state index in [1.54, 1.807) is 11.3 Å². The molecule has 3 aromatic rings. The third kappa shape index (κ3) is 3.27. The van der Waals surface area contributed by atoms with Crippen LogP contribution in [0.3, 0.4) is 0 Å². The van der Waals surface area contributed by atoms with Gasteiger partial charge in [0.05, 0.1) is 0 Å². The van der Waals surface area contributed by atoms with Gasteiger partial charge in [-0.15, -0.1) is 23.7 Å². The van der Waals surface area contributed by atoms with Crippen LogP contribution in [0, 0.1) is 0 Å². The Bertz CT molecular complexity index is 724. The molecule has 1 atom stereocenters. The molecule has 0 fully saturated rings. The van der Waals surface area contributed by atoms with Gasteiger partial charge in [0.25, 0.3) is 0 Å². The highest BCUT2D eigenvalue weighted by Gasteiger charge is 2.29. The van der Waals surface area contributed by atoms with Crippen LogP contribution in [0.2, 0.25) is 0 Å². The molecule has 2 nitrogen and oxygen atoms in total. The molecule has 22 heavy (non-hydrogen) atoms. The summed E-state index contributed by atoms with van der Waals surface area (Å²) in [6.45, 7) is 2.71. The van der Waals surface area contributed by atoms with Crippen LogP contribution in [0.4, 0.5) is 0 Å². The first kappa shape index (κ1) is 16.8. The molecule has 2 N–H and O–H groups in total. The summed E-state index contributed by atoms with van der Waals surface area (Å²) < 4.78 is 6.43. The van der Waals surface area contributed by atoms with E-state index in [9.17, 15) is 0 Å². The molecular formula is C18H20ClNOS. The Morgan fingerprint density at radius 2 is 1.82 bits per heavy atom. The number of rotatable bonds is 5. The third-order valence-corrected chi connectivity index (χ3v) is 4.86. The minimum Gasteiger partial charge on any atom is -0.481 e. The molecule has 0 bridgehead atoms. The molecular weight excluding hydrogens is 314 g/mol. The van der Waals surface area contributed by atoms with Gasteiger partial charge in [0.15, 0.2) is 0 Å². The molecule has 4 heteroatoms. The van der Waals surface area contributed by atoms with Gasteiger partial charge in [-0.25, -0.2) is 0 Å². The molecule has 0 radical (unpaired) electrons. The summed E-state index contributed by atoms with van der Waals surface area (Å²) >= 11 is 1.71. The van der Waals surface area contributed by atoms with E-state index in [1.807, 2.05) is 24.3 Å². The largest absolute Gasteiger partial charge is 0.481 e. The highest BCUT2D eigenvalue weighted by Crippen LogP contribution is 2.36. The Balaban J connectivity index is 0.00000176. The van der Waals surface area contributed by atoms with Gasteiger partial charge in [-0.3, -0.25) is 0 Å². The van der Waals surface area contributed by atoms with Crippen LogP contribution >= 0.6 is 23.7 Å². The monoisotopic (exact) mass is 333 g/mol. The maximum atomic E-state index is 6.43. The molecule has 0 saturated carbocycles. The summed E-state index contributed by atoms with van der Waals surface area (Å²) in [7, 11) is 0. The highest BCUT2D eigenvalue weighted by molar-refractivity contribution is 7.10. The minimum atomic E-state index is -0.382. The number of hydrogen-bond donors (Lipinski definition) is 1. The smallest absolute Gasteiger partial charge is 0.141 e. The van der Waals surface area contributed by atoms with Crippen LogP contribution in [0.15, 0.2) is 60.0 Å². The summed E-state index contributed by atoms with van der Waals surface area (Å²) in [5, 5.41) is 4.41. The summed E-state index contributed by atoms with van der Waals surface area (Å²) in [6.07, 6.45) is 0.788. The number of hydrogen-bond acceptors (Lipinski definition) is 3. The van der Waals surface area contributed by atoms with Gasteiger partial charge in [-0.1, -0.05) is 42.5 Å². The predicted octanol–water partition coefficient (Wildman–Crippen LogP) is 4.97. The molecule has 1 heterocycles. The summed E-state index contributed by atoms with van der Waals surface area (Å²) in [5.74, 6) is 0.914. The van der Waals surface area contributed by atoms with Crippen LogP contribution < -0.4 is 10.5 Å². The minimum absolute atomic E-state index is 0. The van der Waals surface area contributed by atoms with Crippen molar-refractivity contribution in [1.29, 1.82) is 0 Å². The second-order valence-corrected chi connectivity index (χ2v) is 6.27. The standard InChI is InChI=1S/C18H19NOS.ClH/c1-18(11-12-19,17-10-5-13-21-17)20-16-9-4-7-14-6-2-3-8-15(14)16;/h2-10,13H,11-12,19H2,1H3;1H. The zero-order valence-corrected chi connectivity index (χ0v) is 14.1. The van der Waals surface area contributed by atoms with Crippen molar-refractivity contribution in [2.75, 3.05) is 6.54 Å². The van der Waals surface area contributed by atoms with Gasteiger partial charge in [0.1, 0.15) is 11.4 Å². The van der Waals surface area contributed by atoms with E-state index in [4.69, 9.17) is 10.5 Å². The topological polar surface area (TPSA) is 35.2 Å². The number of benzene rings is 2. The van der Waals surface area contributed by atoms with E-state index in [0.717, 1.165) is 17.6 Å². The second-order valence-electron chi connectivity index (χ2n) is 5.33. The highest BCUT2D eigenvalue weighted by atomic mass is 35.5. The van der Waals surface area contributed by atoms with Crippen LogP contribution in [0.1, 0.15) is 18.2 Å². The molecule has 116 valence electrons. The molecule has 0 spiro atoms. The first-order valence-corrected chi connectivity index (χ1v) is 8.02. The molecule has 0 saturated heterocycles. The van der Waals surface area contributed by atoms with Gasteiger partial charge in [-0.2, -0.15) is 0 Å². The Morgan fingerprint density at radius 1 is 1.05 bits per heavy atom. The Labute approximate surface area is 141 Å². The van der Waals surface area contributed by atoms with Crippen LogP contribution in [-0.4, -0.2) is 6.54 Å². The van der Waals surface area contributed by atoms with Crippen molar-refractivity contribution in [1.82, 2.24) is 0 Å². The lowest BCUT2D eigenvalue weighted by Crippen LogP contribution is -2.31. The number of thiophene rings is 1. The quantitative estimate of drug-likeness (QED) is 0.715. The van der Waals surface area contributed by atoms with E-state index < -0.39 is 0 Å². The van der Waals surface area contributed by atoms with Crippen molar-refractivity contribution in [2.24, 2.45) is 5.73 Å². The first-order valence-electron chi connectivity index (χ1n) is 7.14. The maximum absolute atomic E-state index is 6.43. The van der Waals surface area contributed by atoms with Crippen molar-refractivity contribution < 1.29 is 4.74 Å². The summed E-state index contributed by atoms with van der Waals surface area (Å²) in [5.41, 5.74) is 5.43. The molecule has 2 aromatic carbocycles. The third-order valence-electron chi connectivity index (χ3n) is 3.75. The Hall–Kier alpha value is -1.55. The average Bonchev–Trinajstić information content (AvgIpc) is 3.03. The predicted molar refractivity (Wildman–Crippen MR) is 97.2 cm³/mol. The average molecular weight is 334 g/mol. The zero-order chi connectivity index (χ0) is 14.7. The number of fused-ring (bicyclic) bond motifs is 1. The zero-order valence-electron chi connectivity index (χ0n) is 12.5. The number of halogens is 1. The van der Waals surface area contributed by atoms with Gasteiger partial charge >= 0.3 is 0 Å². The number of ether oxygens (including phenoxy) is 1. The van der Waals surface area contributed by atoms with E-state index in [-0.39, 0.29) is 18.0 Å². The fourth-order valence-electron chi connectivity index (χ4n) is 2.61. The molecule has 0 amide bonds. The molecule has 0 aliphatic heterocycles. The van der Waals surface area contributed by atoms with Crippen molar-refractivity contribution in [2.45, 2.75) is 18.9 Å². The Morgan fingerprint density at radius 3 is 2.55 bits per heavy atom. The Kier molecular flexibility index (Phi) is 5.46. The van der Waals surface area contributed by atoms with Crippen LogP contribution in [-0.2, 0) is 5.60 Å². The van der Waals surface area contributed by atoms with Gasteiger partial charge in [0.2, 0.25) is 0 Å². The molecule has 1 aromatic heterocycles. The lowest BCUT2D eigenvalue weighted by Gasteiger charge is -2.30. The van der Waals surface area contributed by atoms with Gasteiger partial charge in [-0.05, 0) is 36.4 Å². The lowest BCUT2D eigenvalue weighted by molar-refractivity contribution is 0.0855. The lowest BCUT2D eigenvalue weighted by atomic mass is 9.99. The van der Waals surface area contributed by atoms with Crippen molar-refractivity contribution in [3.63, 3.8) is 0 Å². The normalized spacial score (nSPS) is 13.4. The van der Waals surface area contributed by atoms with E-state index in [1.165, 1.54) is 10.3 Å². The fraction of sp³-hybridized carbons (Fsp3) is 0.222. The van der Waals surface area contributed by atoms with Crippen LogP contribution in [0.5, 0.6) is 5.75 Å². The van der Waals surface area contributed by atoms with E-state index >= 15 is 0 Å². The molecule has 0 aliphatic rings. The number of nitrogens with two attached hydrogens (primary N) is 1. The second kappa shape index (κ2) is 7.14. The SMILES string of the molecule is CC(CCN)(Oc1cccc2ccccc12)c1cccs1.Cl. The van der Waals surface area contributed by atoms with Crippen LogP contribution in [0.25, 0.3) is 10.8 Å². The molecule has 0 aliphatic carbocycles. The molecule has 3 rings (SSSR count). The van der Waals surface area contributed by atoms with Crippen molar-refractivity contribution in [3.8, 4) is 5.75 Å². The van der Waals surface area contributed by atoms with E-state index in [0.29, 0.717) is 6.54 Å². The summed E-state index contributed by atoms with van der Waals surface area (Å²) in [4.78, 5) is 1.21. The fourth-order valence-corrected chi connectivity index (χ4v) is 3.46. The maximum Gasteiger partial charge on any atom is 0.141 e. The first-order chi connectivity index (χ1) is 10.2. The van der Waals surface area contributed by atoms with Gasteiger partial charge < -0.3 is 10.5 Å². The van der Waals surface area contributed by atoms with E-state index in [2.05, 4.69) is 42.6 Å². The van der Waals surface area contributed by atoms with Gasteiger partial charge in [0, 0.05) is 16.7 Å². The molecule has 1 unspecified atom stereocenters. The summed E-state index contributed by atoms with van der Waals surface area (Å²) in [6, 6.07) is 18.6. The van der Waals surface area contributed by atoms with Crippen molar-refractivity contribution in [3.05, 3.63) is 64.9 Å². The van der Waals surface area contributed by atoms with Crippen molar-refractivity contribution >= 4 is 34.5 Å².